The van der Waals surface area contributed by atoms with Crippen LogP contribution in [0.5, 0.6) is 0 Å². The Balaban J connectivity index is 1.67. The van der Waals surface area contributed by atoms with Gasteiger partial charge in [-0.2, -0.15) is 0 Å². The number of rotatable bonds is 6. The van der Waals surface area contributed by atoms with Crippen LogP contribution in [-0.4, -0.2) is 19.8 Å². The van der Waals surface area contributed by atoms with E-state index in [1.54, 1.807) is 0 Å². The van der Waals surface area contributed by atoms with E-state index in [9.17, 15) is 0 Å². The molecule has 4 heteroatoms. The summed E-state index contributed by atoms with van der Waals surface area (Å²) >= 11 is 2.25. The molecule has 0 unspecified atom stereocenters. The zero-order valence-electron chi connectivity index (χ0n) is 9.21. The van der Waals surface area contributed by atoms with Crippen molar-refractivity contribution in [2.24, 2.45) is 5.92 Å². The Labute approximate surface area is 110 Å². The van der Waals surface area contributed by atoms with E-state index in [1.807, 2.05) is 18.2 Å². The summed E-state index contributed by atoms with van der Waals surface area (Å²) in [6, 6.07) is 6.02. The minimum atomic E-state index is 0.752. The van der Waals surface area contributed by atoms with Crippen LogP contribution in [0.4, 0.5) is 11.4 Å². The lowest BCUT2D eigenvalue weighted by atomic mass is 10.3. The minimum absolute atomic E-state index is 0.752. The molecule has 0 radical (unpaired) electrons. The molecule has 0 saturated heterocycles. The van der Waals surface area contributed by atoms with E-state index >= 15 is 0 Å². The van der Waals surface area contributed by atoms with Crippen molar-refractivity contribution in [1.82, 2.24) is 0 Å². The molecule has 1 aromatic carbocycles. The second-order valence-corrected chi connectivity index (χ2v) is 5.42. The molecule has 88 valence electrons. The minimum Gasteiger partial charge on any atom is -0.397 e. The van der Waals surface area contributed by atoms with Crippen molar-refractivity contribution < 1.29 is 4.74 Å². The molecule has 2 rings (SSSR count). The lowest BCUT2D eigenvalue weighted by Crippen LogP contribution is -2.11. The van der Waals surface area contributed by atoms with Crippen LogP contribution < -0.4 is 11.1 Å². The normalized spacial score (nSPS) is 15.1. The van der Waals surface area contributed by atoms with Crippen LogP contribution in [0, 0.1) is 9.49 Å². The highest BCUT2D eigenvalue weighted by Crippen LogP contribution is 2.28. The smallest absolute Gasteiger partial charge is 0.0639 e. The Morgan fingerprint density at radius 3 is 2.94 bits per heavy atom. The third-order valence-corrected chi connectivity index (χ3v) is 3.30. The molecule has 1 fully saturated rings. The predicted molar refractivity (Wildman–Crippen MR) is 75.6 cm³/mol. The largest absolute Gasteiger partial charge is 0.397 e. The summed E-state index contributed by atoms with van der Waals surface area (Å²) in [4.78, 5) is 0. The second kappa shape index (κ2) is 5.72. The molecule has 1 aromatic rings. The number of benzene rings is 1. The average molecular weight is 332 g/mol. The predicted octanol–water partition coefficient (Wildman–Crippen LogP) is 2.71. The van der Waals surface area contributed by atoms with E-state index in [1.165, 1.54) is 12.8 Å². The molecule has 3 N–H and O–H groups in total. The first kappa shape index (κ1) is 12.0. The average Bonchev–Trinajstić information content (AvgIpc) is 3.04. The highest BCUT2D eigenvalue weighted by molar-refractivity contribution is 14.1. The fourth-order valence-electron chi connectivity index (χ4n) is 1.49. The molecule has 16 heavy (non-hydrogen) atoms. The lowest BCUT2D eigenvalue weighted by molar-refractivity contribution is 0.134. The Morgan fingerprint density at radius 1 is 1.44 bits per heavy atom. The van der Waals surface area contributed by atoms with Gasteiger partial charge in [-0.25, -0.2) is 0 Å². The van der Waals surface area contributed by atoms with Crippen LogP contribution in [0.2, 0.25) is 0 Å². The lowest BCUT2D eigenvalue weighted by Gasteiger charge is -2.09. The van der Waals surface area contributed by atoms with Gasteiger partial charge in [0.25, 0.3) is 0 Å². The molecule has 0 aromatic heterocycles. The molecule has 0 heterocycles. The summed E-state index contributed by atoms with van der Waals surface area (Å²) in [5.41, 5.74) is 7.68. The number of nitrogen functional groups attached to an aromatic ring is 1. The van der Waals surface area contributed by atoms with E-state index in [2.05, 4.69) is 27.9 Å². The molecule has 3 nitrogen and oxygen atoms in total. The Kier molecular flexibility index (Phi) is 4.29. The van der Waals surface area contributed by atoms with Crippen molar-refractivity contribution in [3.63, 3.8) is 0 Å². The summed E-state index contributed by atoms with van der Waals surface area (Å²) in [5.74, 6) is 0.836. The fourth-order valence-corrected chi connectivity index (χ4v) is 2.00. The zero-order valence-corrected chi connectivity index (χ0v) is 11.4. The second-order valence-electron chi connectivity index (χ2n) is 4.18. The van der Waals surface area contributed by atoms with Gasteiger partial charge in [-0.1, -0.05) is 0 Å². The molecule has 0 atom stereocenters. The third kappa shape index (κ3) is 3.83. The molecular formula is C12H17IN2O. The number of halogens is 1. The molecule has 1 aliphatic rings. The maximum atomic E-state index is 5.89. The van der Waals surface area contributed by atoms with Crippen LogP contribution in [0.15, 0.2) is 18.2 Å². The first-order valence-electron chi connectivity index (χ1n) is 5.62. The van der Waals surface area contributed by atoms with Crippen molar-refractivity contribution in [3.05, 3.63) is 21.8 Å². The van der Waals surface area contributed by atoms with Gasteiger partial charge in [-0.3, -0.25) is 0 Å². The van der Waals surface area contributed by atoms with Gasteiger partial charge in [0.1, 0.15) is 0 Å². The number of anilines is 2. The highest BCUT2D eigenvalue weighted by atomic mass is 127. The topological polar surface area (TPSA) is 47.3 Å². The maximum Gasteiger partial charge on any atom is 0.0639 e. The van der Waals surface area contributed by atoms with E-state index in [-0.39, 0.29) is 0 Å². The van der Waals surface area contributed by atoms with Crippen molar-refractivity contribution in [3.8, 4) is 0 Å². The molecule has 1 saturated carbocycles. The quantitative estimate of drug-likeness (QED) is 0.478. The Hall–Kier alpha value is -0.490. The number of nitrogens with two attached hydrogens (primary N) is 1. The third-order valence-electron chi connectivity index (χ3n) is 2.63. The van der Waals surface area contributed by atoms with E-state index in [0.717, 1.165) is 40.6 Å². The number of hydrogen-bond acceptors (Lipinski definition) is 3. The number of hydrogen-bond donors (Lipinski definition) is 2. The zero-order chi connectivity index (χ0) is 11.4. The van der Waals surface area contributed by atoms with Gasteiger partial charge in [0.15, 0.2) is 0 Å². The standard InChI is InChI=1S/C12H17IN2O/c13-10-3-4-12(11(14)7-10)15-5-6-16-8-9-1-2-9/h3-4,7,9,15H,1-2,5-6,8,14H2. The van der Waals surface area contributed by atoms with Crippen molar-refractivity contribution in [1.29, 1.82) is 0 Å². The first-order valence-corrected chi connectivity index (χ1v) is 6.70. The van der Waals surface area contributed by atoms with Crippen LogP contribution in [0.25, 0.3) is 0 Å². The molecule has 0 spiro atoms. The van der Waals surface area contributed by atoms with Crippen molar-refractivity contribution >= 4 is 34.0 Å². The monoisotopic (exact) mass is 332 g/mol. The maximum absolute atomic E-state index is 5.89. The fraction of sp³-hybridized carbons (Fsp3) is 0.500. The summed E-state index contributed by atoms with van der Waals surface area (Å²) in [6.45, 7) is 2.49. The van der Waals surface area contributed by atoms with E-state index in [0.29, 0.717) is 0 Å². The summed E-state index contributed by atoms with van der Waals surface area (Å²) < 4.78 is 6.70. The van der Waals surface area contributed by atoms with Crippen LogP contribution in [0.1, 0.15) is 12.8 Å². The van der Waals surface area contributed by atoms with Gasteiger partial charge in [0.05, 0.1) is 18.0 Å². The first-order chi connectivity index (χ1) is 7.75. The number of nitrogens with one attached hydrogen (secondary N) is 1. The van der Waals surface area contributed by atoms with Crippen LogP contribution in [0.3, 0.4) is 0 Å². The summed E-state index contributed by atoms with van der Waals surface area (Å²) in [6.07, 6.45) is 2.69. The molecule has 1 aliphatic carbocycles. The molecule has 0 bridgehead atoms. The van der Waals surface area contributed by atoms with E-state index < -0.39 is 0 Å². The van der Waals surface area contributed by atoms with Gasteiger partial charge in [0.2, 0.25) is 0 Å². The van der Waals surface area contributed by atoms with Gasteiger partial charge >= 0.3 is 0 Å². The molecular weight excluding hydrogens is 315 g/mol. The van der Waals surface area contributed by atoms with Crippen molar-refractivity contribution in [2.45, 2.75) is 12.8 Å². The van der Waals surface area contributed by atoms with Crippen LogP contribution in [-0.2, 0) is 4.74 Å². The van der Waals surface area contributed by atoms with Gasteiger partial charge in [-0.15, -0.1) is 0 Å². The summed E-state index contributed by atoms with van der Waals surface area (Å²) in [7, 11) is 0. The molecule has 0 aliphatic heterocycles. The molecule has 0 amide bonds. The van der Waals surface area contributed by atoms with Gasteiger partial charge in [0, 0.05) is 16.7 Å². The van der Waals surface area contributed by atoms with Gasteiger partial charge < -0.3 is 15.8 Å². The van der Waals surface area contributed by atoms with Crippen LogP contribution >= 0.6 is 22.6 Å². The van der Waals surface area contributed by atoms with E-state index in [4.69, 9.17) is 10.5 Å². The highest BCUT2D eigenvalue weighted by Gasteiger charge is 2.20. The Bertz CT molecular complexity index is 353. The number of ether oxygens (including phenoxy) is 1. The van der Waals surface area contributed by atoms with Crippen molar-refractivity contribution in [2.75, 3.05) is 30.8 Å². The Morgan fingerprint density at radius 2 is 2.25 bits per heavy atom. The SMILES string of the molecule is Nc1cc(I)ccc1NCCOCC1CC1. The van der Waals surface area contributed by atoms with Gasteiger partial charge in [-0.05, 0) is 59.5 Å². The summed E-state index contributed by atoms with van der Waals surface area (Å²) in [5, 5.41) is 3.28.